The highest BCUT2D eigenvalue weighted by Crippen LogP contribution is 2.39. The number of pyridine rings is 1. The quantitative estimate of drug-likeness (QED) is 0.234. The molecule has 0 aliphatic carbocycles. The van der Waals surface area contributed by atoms with Crippen LogP contribution in [0.3, 0.4) is 0 Å². The van der Waals surface area contributed by atoms with E-state index in [4.69, 9.17) is 25.8 Å². The minimum absolute atomic E-state index is 0.183. The number of halogens is 1. The molecule has 1 N–H and O–H groups in total. The minimum atomic E-state index is -0.183. The van der Waals surface area contributed by atoms with Crippen LogP contribution in [-0.2, 0) is 6.61 Å². The Balaban J connectivity index is 1.32. The molecule has 4 aromatic carbocycles. The first kappa shape index (κ1) is 24.2. The zero-order valence-corrected chi connectivity index (χ0v) is 20.7. The first-order chi connectivity index (χ1) is 18.1. The summed E-state index contributed by atoms with van der Waals surface area (Å²) in [6, 6.07) is 29.5. The summed E-state index contributed by atoms with van der Waals surface area (Å²) in [4.78, 5) is 16.9. The van der Waals surface area contributed by atoms with Gasteiger partial charge < -0.3 is 19.5 Å². The van der Waals surface area contributed by atoms with Crippen molar-refractivity contribution >= 4 is 34.1 Å². The van der Waals surface area contributed by atoms with Gasteiger partial charge in [0.25, 0.3) is 5.91 Å². The van der Waals surface area contributed by atoms with Crippen LogP contribution in [-0.4, -0.2) is 18.0 Å². The highest BCUT2D eigenvalue weighted by molar-refractivity contribution is 6.36. The molecule has 5 rings (SSSR count). The van der Waals surface area contributed by atoms with Crippen molar-refractivity contribution in [2.24, 2.45) is 0 Å². The molecular weight excluding hydrogens is 488 g/mol. The number of carbonyl (C=O) groups excluding carboxylic acids is 1. The summed E-state index contributed by atoms with van der Waals surface area (Å²) in [6.45, 7) is 0.402. The Kier molecular flexibility index (Phi) is 7.19. The average molecular weight is 511 g/mol. The summed E-state index contributed by atoms with van der Waals surface area (Å²) in [5.74, 6) is 1.88. The third-order valence-corrected chi connectivity index (χ3v) is 6.06. The van der Waals surface area contributed by atoms with Crippen molar-refractivity contribution in [1.29, 1.82) is 0 Å². The van der Waals surface area contributed by atoms with Crippen LogP contribution < -0.4 is 19.5 Å². The summed E-state index contributed by atoms with van der Waals surface area (Å²) in [6.07, 6.45) is 1.57. The number of fused-ring (bicyclic) bond motifs is 1. The van der Waals surface area contributed by atoms with E-state index in [-0.39, 0.29) is 5.91 Å². The number of amides is 1. The van der Waals surface area contributed by atoms with Crippen LogP contribution in [0.1, 0.15) is 15.9 Å². The summed E-state index contributed by atoms with van der Waals surface area (Å²) in [5, 5.41) is 3.94. The lowest BCUT2D eigenvalue weighted by Gasteiger charge is -2.14. The highest BCUT2D eigenvalue weighted by atomic mass is 35.5. The topological polar surface area (TPSA) is 69.7 Å². The van der Waals surface area contributed by atoms with Crippen molar-refractivity contribution in [2.45, 2.75) is 6.61 Å². The maximum atomic E-state index is 12.4. The minimum Gasteiger partial charge on any atom is -0.493 e. The summed E-state index contributed by atoms with van der Waals surface area (Å²) < 4.78 is 17.5. The van der Waals surface area contributed by atoms with Gasteiger partial charge >= 0.3 is 0 Å². The molecular formula is C30H23ClN2O4. The van der Waals surface area contributed by atoms with E-state index in [0.717, 1.165) is 5.56 Å². The van der Waals surface area contributed by atoms with Gasteiger partial charge in [-0.2, -0.15) is 0 Å². The van der Waals surface area contributed by atoms with Crippen molar-refractivity contribution in [2.75, 3.05) is 12.4 Å². The molecule has 1 amide bonds. The Morgan fingerprint density at radius 2 is 1.57 bits per heavy atom. The fourth-order valence-corrected chi connectivity index (χ4v) is 3.99. The number of anilines is 1. The van der Waals surface area contributed by atoms with Crippen molar-refractivity contribution < 1.29 is 19.0 Å². The van der Waals surface area contributed by atoms with Gasteiger partial charge in [0.1, 0.15) is 12.4 Å². The van der Waals surface area contributed by atoms with Gasteiger partial charge in [-0.1, -0.05) is 60.1 Å². The standard InChI is InChI=1S/C30H23ClN2O4/c1-35-26-16-24-25(17-27(26)36-19-20-8-4-2-5-9-20)32-18-28(29(24)31)37-23-14-12-22(13-15-23)33-30(34)21-10-6-3-7-11-21/h2-18H,19H2,1H3,(H,33,34). The fourth-order valence-electron chi connectivity index (χ4n) is 3.75. The van der Waals surface area contributed by atoms with Crippen LogP contribution in [0.5, 0.6) is 23.0 Å². The number of hydrogen-bond acceptors (Lipinski definition) is 5. The Bertz CT molecular complexity index is 1530. The Morgan fingerprint density at radius 1 is 0.865 bits per heavy atom. The van der Waals surface area contributed by atoms with E-state index in [1.165, 1.54) is 0 Å². The summed E-state index contributed by atoms with van der Waals surface area (Å²) >= 11 is 6.70. The number of methoxy groups -OCH3 is 1. The molecule has 0 bridgehead atoms. The molecule has 0 aliphatic rings. The molecule has 0 unspecified atom stereocenters. The highest BCUT2D eigenvalue weighted by Gasteiger charge is 2.15. The van der Waals surface area contributed by atoms with Crippen molar-refractivity contribution in [3.63, 3.8) is 0 Å². The third-order valence-electron chi connectivity index (χ3n) is 5.67. The van der Waals surface area contributed by atoms with E-state index >= 15 is 0 Å². The SMILES string of the molecule is COc1cc2c(Cl)c(Oc3ccc(NC(=O)c4ccccc4)cc3)cnc2cc1OCc1ccccc1. The summed E-state index contributed by atoms with van der Waals surface area (Å²) in [7, 11) is 1.58. The van der Waals surface area contributed by atoms with Crippen molar-refractivity contribution in [1.82, 2.24) is 4.98 Å². The fraction of sp³-hybridized carbons (Fsp3) is 0.0667. The molecule has 0 spiro atoms. The first-order valence-corrected chi connectivity index (χ1v) is 12.0. The van der Waals surface area contributed by atoms with Gasteiger partial charge in [-0.15, -0.1) is 0 Å². The lowest BCUT2D eigenvalue weighted by molar-refractivity contribution is 0.102. The first-order valence-electron chi connectivity index (χ1n) is 11.6. The van der Waals surface area contributed by atoms with Gasteiger partial charge in [-0.25, -0.2) is 0 Å². The van der Waals surface area contributed by atoms with E-state index in [0.29, 0.717) is 56.8 Å². The molecule has 0 radical (unpaired) electrons. The molecule has 1 heterocycles. The molecule has 0 saturated carbocycles. The lowest BCUT2D eigenvalue weighted by atomic mass is 10.2. The maximum Gasteiger partial charge on any atom is 0.255 e. The Hall–Kier alpha value is -4.55. The number of aromatic nitrogens is 1. The number of ether oxygens (including phenoxy) is 3. The van der Waals surface area contributed by atoms with E-state index in [1.54, 1.807) is 61.8 Å². The van der Waals surface area contributed by atoms with Crippen LogP contribution in [0.25, 0.3) is 10.9 Å². The monoisotopic (exact) mass is 510 g/mol. The van der Waals surface area contributed by atoms with Crippen molar-refractivity contribution in [3.05, 3.63) is 119 Å². The van der Waals surface area contributed by atoms with Gasteiger partial charge in [-0.05, 0) is 48.0 Å². The number of nitrogens with one attached hydrogen (secondary N) is 1. The van der Waals surface area contributed by atoms with Crippen molar-refractivity contribution in [3.8, 4) is 23.0 Å². The Labute approximate surface area is 219 Å². The number of rotatable bonds is 8. The molecule has 184 valence electrons. The maximum absolute atomic E-state index is 12.4. The van der Waals surface area contributed by atoms with Gasteiger partial charge in [0.2, 0.25) is 0 Å². The normalized spacial score (nSPS) is 10.6. The summed E-state index contributed by atoms with van der Waals surface area (Å²) in [5.41, 5.74) is 2.93. The molecule has 37 heavy (non-hydrogen) atoms. The van der Waals surface area contributed by atoms with Crippen LogP contribution in [0.4, 0.5) is 5.69 Å². The predicted molar refractivity (Wildman–Crippen MR) is 145 cm³/mol. The molecule has 5 aromatic rings. The van der Waals surface area contributed by atoms with E-state index in [9.17, 15) is 4.79 Å². The molecule has 0 fully saturated rings. The van der Waals surface area contributed by atoms with Crippen LogP contribution in [0, 0.1) is 0 Å². The second-order valence-electron chi connectivity index (χ2n) is 8.18. The largest absolute Gasteiger partial charge is 0.493 e. The second-order valence-corrected chi connectivity index (χ2v) is 8.56. The van der Waals surface area contributed by atoms with E-state index < -0.39 is 0 Å². The van der Waals surface area contributed by atoms with Crippen LogP contribution in [0.2, 0.25) is 5.02 Å². The molecule has 7 heteroatoms. The molecule has 0 atom stereocenters. The van der Waals surface area contributed by atoms with E-state index in [2.05, 4.69) is 10.3 Å². The zero-order valence-electron chi connectivity index (χ0n) is 20.0. The van der Waals surface area contributed by atoms with E-state index in [1.807, 2.05) is 48.5 Å². The number of benzene rings is 4. The predicted octanol–water partition coefficient (Wildman–Crippen LogP) is 7.52. The lowest BCUT2D eigenvalue weighted by Crippen LogP contribution is -2.11. The zero-order chi connectivity index (χ0) is 25.6. The molecule has 0 saturated heterocycles. The van der Waals surface area contributed by atoms with Crippen LogP contribution in [0.15, 0.2) is 103 Å². The molecule has 0 aliphatic heterocycles. The number of nitrogens with zero attached hydrogens (tertiary/aromatic N) is 1. The third kappa shape index (κ3) is 5.66. The second kappa shape index (κ2) is 11.0. The van der Waals surface area contributed by atoms with Gasteiger partial charge in [0, 0.05) is 22.7 Å². The average Bonchev–Trinajstić information content (AvgIpc) is 2.95. The Morgan fingerprint density at radius 3 is 2.27 bits per heavy atom. The van der Waals surface area contributed by atoms with Gasteiger partial charge in [0.05, 0.1) is 23.8 Å². The van der Waals surface area contributed by atoms with Crippen LogP contribution >= 0.6 is 11.6 Å². The smallest absolute Gasteiger partial charge is 0.255 e. The van der Waals surface area contributed by atoms with Gasteiger partial charge in [-0.3, -0.25) is 9.78 Å². The molecule has 6 nitrogen and oxygen atoms in total. The number of carbonyl (C=O) groups is 1. The van der Waals surface area contributed by atoms with Gasteiger partial charge in [0.15, 0.2) is 17.2 Å². The molecule has 1 aromatic heterocycles. The number of hydrogen-bond donors (Lipinski definition) is 1.